The second-order valence-electron chi connectivity index (χ2n) is 5.70. The molecule has 130 valence electrons. The van der Waals surface area contributed by atoms with E-state index in [-0.39, 0.29) is 30.3 Å². The molecule has 0 aliphatic carbocycles. The van der Waals surface area contributed by atoms with E-state index in [0.717, 1.165) is 0 Å². The predicted molar refractivity (Wildman–Crippen MR) is 84.7 cm³/mol. The number of ether oxygens (including phenoxy) is 3. The lowest BCUT2D eigenvalue weighted by atomic mass is 10.1. The smallest absolute Gasteiger partial charge is 0.338 e. The van der Waals surface area contributed by atoms with Crippen LogP contribution >= 0.6 is 0 Å². The van der Waals surface area contributed by atoms with Gasteiger partial charge in [0.25, 0.3) is 5.91 Å². The quantitative estimate of drug-likeness (QED) is 0.771. The summed E-state index contributed by atoms with van der Waals surface area (Å²) in [4.78, 5) is 37.1. The highest BCUT2D eigenvalue weighted by Gasteiger charge is 2.26. The number of carbonyl (C=O) groups excluding carboxylic acids is 3. The number of benzene rings is 1. The lowest BCUT2D eigenvalue weighted by Gasteiger charge is -2.35. The Morgan fingerprint density at radius 3 is 2.04 bits per heavy atom. The van der Waals surface area contributed by atoms with Gasteiger partial charge in [-0.1, -0.05) is 0 Å². The van der Waals surface area contributed by atoms with E-state index in [1.807, 2.05) is 13.8 Å². The van der Waals surface area contributed by atoms with Crippen molar-refractivity contribution in [3.63, 3.8) is 0 Å². The molecule has 0 bridgehead atoms. The second kappa shape index (κ2) is 7.92. The van der Waals surface area contributed by atoms with Crippen LogP contribution in [0.15, 0.2) is 24.3 Å². The average Bonchev–Trinajstić information content (AvgIpc) is 2.57. The highest BCUT2D eigenvalue weighted by atomic mass is 16.5. The Morgan fingerprint density at radius 2 is 1.54 bits per heavy atom. The minimum Gasteiger partial charge on any atom is -0.465 e. The Balaban J connectivity index is 1.88. The Morgan fingerprint density at radius 1 is 1.04 bits per heavy atom. The number of hydrogen-bond acceptors (Lipinski definition) is 6. The maximum atomic E-state index is 12.1. The summed E-state index contributed by atoms with van der Waals surface area (Å²) < 4.78 is 15.2. The van der Waals surface area contributed by atoms with Crippen LogP contribution in [-0.4, -0.2) is 61.8 Å². The molecule has 2 rings (SSSR count). The molecule has 0 spiro atoms. The summed E-state index contributed by atoms with van der Waals surface area (Å²) in [6, 6.07) is 5.85. The van der Waals surface area contributed by atoms with Gasteiger partial charge in [0.05, 0.1) is 30.4 Å². The van der Waals surface area contributed by atoms with E-state index < -0.39 is 11.9 Å². The summed E-state index contributed by atoms with van der Waals surface area (Å²) in [7, 11) is 1.28. The molecule has 1 amide bonds. The first kappa shape index (κ1) is 17.9. The molecule has 24 heavy (non-hydrogen) atoms. The van der Waals surface area contributed by atoms with Crippen molar-refractivity contribution in [1.82, 2.24) is 4.90 Å². The number of hydrogen-bond donors (Lipinski definition) is 0. The monoisotopic (exact) mass is 335 g/mol. The Labute approximate surface area is 140 Å². The van der Waals surface area contributed by atoms with Crippen LogP contribution in [0.4, 0.5) is 0 Å². The van der Waals surface area contributed by atoms with Crippen molar-refractivity contribution >= 4 is 17.8 Å². The van der Waals surface area contributed by atoms with Gasteiger partial charge in [-0.2, -0.15) is 0 Å². The van der Waals surface area contributed by atoms with Gasteiger partial charge in [-0.15, -0.1) is 0 Å². The van der Waals surface area contributed by atoms with Crippen molar-refractivity contribution in [3.8, 4) is 0 Å². The molecule has 1 fully saturated rings. The van der Waals surface area contributed by atoms with Gasteiger partial charge >= 0.3 is 11.9 Å². The number of morpholine rings is 1. The lowest BCUT2D eigenvalue weighted by molar-refractivity contribution is -0.146. The van der Waals surface area contributed by atoms with E-state index in [1.54, 1.807) is 4.90 Å². The fourth-order valence-electron chi connectivity index (χ4n) is 2.54. The van der Waals surface area contributed by atoms with Crippen molar-refractivity contribution in [2.45, 2.75) is 26.1 Å². The first-order chi connectivity index (χ1) is 11.4. The standard InChI is InChI=1S/C17H21NO6/c1-11-8-18(9-12(2)24-11)15(19)10-23-17(21)14-6-4-13(5-7-14)16(20)22-3/h4-7,11-12H,8-10H2,1-3H3/t11-,12+. The molecule has 1 aromatic rings. The molecule has 0 radical (unpaired) electrons. The topological polar surface area (TPSA) is 82.1 Å². The molecule has 0 aromatic heterocycles. The van der Waals surface area contributed by atoms with Crippen LogP contribution in [0.2, 0.25) is 0 Å². The van der Waals surface area contributed by atoms with Gasteiger partial charge in [0.2, 0.25) is 0 Å². The van der Waals surface area contributed by atoms with Gasteiger partial charge in [0.15, 0.2) is 6.61 Å². The van der Waals surface area contributed by atoms with Gasteiger partial charge in [-0.25, -0.2) is 9.59 Å². The van der Waals surface area contributed by atoms with Crippen LogP contribution < -0.4 is 0 Å². The minimum absolute atomic E-state index is 0.0423. The maximum Gasteiger partial charge on any atom is 0.338 e. The van der Waals surface area contributed by atoms with Crippen molar-refractivity contribution in [2.24, 2.45) is 0 Å². The Bertz CT molecular complexity index is 602. The van der Waals surface area contributed by atoms with Crippen molar-refractivity contribution < 1.29 is 28.6 Å². The SMILES string of the molecule is COC(=O)c1ccc(C(=O)OCC(=O)N2C[C@@H](C)O[C@@H](C)C2)cc1. The van der Waals surface area contributed by atoms with Gasteiger partial charge in [-0.3, -0.25) is 4.79 Å². The summed E-state index contributed by atoms with van der Waals surface area (Å²) in [6.07, 6.45) is -0.0847. The third-order valence-corrected chi connectivity index (χ3v) is 3.64. The molecule has 2 atom stereocenters. The van der Waals surface area contributed by atoms with E-state index in [4.69, 9.17) is 9.47 Å². The number of methoxy groups -OCH3 is 1. The fourth-order valence-corrected chi connectivity index (χ4v) is 2.54. The molecule has 7 nitrogen and oxygen atoms in total. The fraction of sp³-hybridized carbons (Fsp3) is 0.471. The molecule has 1 saturated heterocycles. The molecular formula is C17H21NO6. The van der Waals surface area contributed by atoms with E-state index in [0.29, 0.717) is 18.7 Å². The summed E-state index contributed by atoms with van der Waals surface area (Å²) in [5.41, 5.74) is 0.598. The van der Waals surface area contributed by atoms with Gasteiger partial charge in [0, 0.05) is 13.1 Å². The Hall–Kier alpha value is -2.41. The summed E-state index contributed by atoms with van der Waals surface area (Å²) in [5, 5.41) is 0. The largest absolute Gasteiger partial charge is 0.465 e. The van der Waals surface area contributed by atoms with Crippen LogP contribution in [0.3, 0.4) is 0 Å². The highest BCUT2D eigenvalue weighted by molar-refractivity contribution is 5.94. The molecule has 1 aliphatic heterocycles. The minimum atomic E-state index is -0.617. The van der Waals surface area contributed by atoms with Crippen LogP contribution in [-0.2, 0) is 19.0 Å². The zero-order valence-electron chi connectivity index (χ0n) is 14.0. The van der Waals surface area contributed by atoms with Crippen molar-refractivity contribution in [3.05, 3.63) is 35.4 Å². The second-order valence-corrected chi connectivity index (χ2v) is 5.70. The summed E-state index contributed by atoms with van der Waals surface area (Å²) in [5.74, 6) is -1.36. The average molecular weight is 335 g/mol. The number of carbonyl (C=O) groups is 3. The molecule has 1 aromatic carbocycles. The van der Waals surface area contributed by atoms with Gasteiger partial charge in [-0.05, 0) is 38.1 Å². The van der Waals surface area contributed by atoms with Crippen molar-refractivity contribution in [2.75, 3.05) is 26.8 Å². The maximum absolute atomic E-state index is 12.1. The highest BCUT2D eigenvalue weighted by Crippen LogP contribution is 2.11. The number of rotatable bonds is 4. The molecule has 1 heterocycles. The van der Waals surface area contributed by atoms with E-state index >= 15 is 0 Å². The number of esters is 2. The number of nitrogens with zero attached hydrogens (tertiary/aromatic N) is 1. The Kier molecular flexibility index (Phi) is 5.92. The van der Waals surface area contributed by atoms with Crippen LogP contribution in [0.1, 0.15) is 34.6 Å². The van der Waals surface area contributed by atoms with E-state index in [2.05, 4.69) is 4.74 Å². The van der Waals surface area contributed by atoms with E-state index in [9.17, 15) is 14.4 Å². The number of amides is 1. The van der Waals surface area contributed by atoms with Crippen LogP contribution in [0.25, 0.3) is 0 Å². The summed E-state index contributed by atoms with van der Waals surface area (Å²) >= 11 is 0. The lowest BCUT2D eigenvalue weighted by Crippen LogP contribution is -2.49. The third kappa shape index (κ3) is 4.55. The zero-order valence-corrected chi connectivity index (χ0v) is 14.0. The first-order valence-corrected chi connectivity index (χ1v) is 7.69. The molecular weight excluding hydrogens is 314 g/mol. The normalized spacial score (nSPS) is 20.4. The zero-order chi connectivity index (χ0) is 17.7. The van der Waals surface area contributed by atoms with Crippen molar-refractivity contribution in [1.29, 1.82) is 0 Å². The predicted octanol–water partition coefficient (Wildman–Crippen LogP) is 1.27. The van der Waals surface area contributed by atoms with E-state index in [1.165, 1.54) is 31.4 Å². The summed E-state index contributed by atoms with van der Waals surface area (Å²) in [6.45, 7) is 4.43. The van der Waals surface area contributed by atoms with Gasteiger partial charge in [0.1, 0.15) is 0 Å². The molecule has 7 heteroatoms. The van der Waals surface area contributed by atoms with Crippen LogP contribution in [0.5, 0.6) is 0 Å². The van der Waals surface area contributed by atoms with Gasteiger partial charge < -0.3 is 19.1 Å². The molecule has 0 N–H and O–H groups in total. The molecule has 0 unspecified atom stereocenters. The first-order valence-electron chi connectivity index (χ1n) is 7.69. The third-order valence-electron chi connectivity index (χ3n) is 3.64. The molecule has 0 saturated carbocycles. The van der Waals surface area contributed by atoms with Crippen LogP contribution in [0, 0.1) is 0 Å². The molecule has 1 aliphatic rings.